The van der Waals surface area contributed by atoms with Gasteiger partial charge in [0.25, 0.3) is 0 Å². The molecule has 2 heterocycles. The molecule has 0 bridgehead atoms. The molecule has 0 aliphatic carbocycles. The third-order valence-corrected chi connectivity index (χ3v) is 5.22. The maximum Gasteiger partial charge on any atom is 0.360 e. The van der Waals surface area contributed by atoms with E-state index in [9.17, 15) is 4.79 Å². The van der Waals surface area contributed by atoms with Gasteiger partial charge in [-0.3, -0.25) is 0 Å². The average Bonchev–Trinajstić information content (AvgIpc) is 3.00. The molecule has 0 amide bonds. The highest BCUT2D eigenvalue weighted by Crippen LogP contribution is 2.28. The molecule has 27 heavy (non-hydrogen) atoms. The van der Waals surface area contributed by atoms with Gasteiger partial charge in [0, 0.05) is 28.8 Å². The Kier molecular flexibility index (Phi) is 6.93. The van der Waals surface area contributed by atoms with E-state index in [2.05, 4.69) is 24.6 Å². The van der Waals surface area contributed by atoms with Crippen LogP contribution in [0.2, 0.25) is 10.0 Å². The van der Waals surface area contributed by atoms with Crippen LogP contribution in [0.15, 0.2) is 18.2 Å². The van der Waals surface area contributed by atoms with Crippen LogP contribution >= 0.6 is 32.6 Å². The van der Waals surface area contributed by atoms with Crippen LogP contribution in [-0.4, -0.2) is 46.5 Å². The maximum absolute atomic E-state index is 12.0. The van der Waals surface area contributed by atoms with Crippen molar-refractivity contribution in [3.05, 3.63) is 39.6 Å². The smallest absolute Gasteiger partial charge is 0.360 e. The number of aromatic nitrogens is 3. The standard InChI is InChI=1S/C17H21Cl2N4O3P/c1-2-25-17(24)16-15(23(27)21-20-16)10-26-14-3-5-22(6-4-14)13-8-11(18)7-12(19)9-13/h7-9,14H,2-6,10,27H2,1H3. The lowest BCUT2D eigenvalue weighted by molar-refractivity contribution is 0.0216. The van der Waals surface area contributed by atoms with Crippen LogP contribution in [0.4, 0.5) is 5.69 Å². The van der Waals surface area contributed by atoms with Crippen LogP contribution in [0.3, 0.4) is 0 Å². The Morgan fingerprint density at radius 3 is 2.56 bits per heavy atom. The second kappa shape index (κ2) is 9.20. The quantitative estimate of drug-likeness (QED) is 0.515. The van der Waals surface area contributed by atoms with Gasteiger partial charge in [0.15, 0.2) is 5.69 Å². The molecule has 1 unspecified atom stereocenters. The van der Waals surface area contributed by atoms with Gasteiger partial charge < -0.3 is 14.4 Å². The number of piperidine rings is 1. The molecule has 1 aromatic heterocycles. The van der Waals surface area contributed by atoms with Crippen LogP contribution in [0.5, 0.6) is 0 Å². The van der Waals surface area contributed by atoms with Crippen molar-refractivity contribution in [1.82, 2.24) is 14.8 Å². The van der Waals surface area contributed by atoms with Crippen molar-refractivity contribution in [2.45, 2.75) is 32.5 Å². The van der Waals surface area contributed by atoms with Crippen molar-refractivity contribution in [2.75, 3.05) is 24.6 Å². The highest BCUT2D eigenvalue weighted by Gasteiger charge is 2.24. The predicted molar refractivity (Wildman–Crippen MR) is 108 cm³/mol. The topological polar surface area (TPSA) is 69.5 Å². The molecule has 1 aliphatic heterocycles. The average molecular weight is 431 g/mol. The number of carbonyl (C=O) groups is 1. The first-order valence-electron chi connectivity index (χ1n) is 8.67. The molecule has 1 aliphatic rings. The number of nitrogens with zero attached hydrogens (tertiary/aromatic N) is 4. The van der Waals surface area contributed by atoms with Gasteiger partial charge in [-0.25, -0.2) is 9.25 Å². The number of rotatable bonds is 6. The molecule has 10 heteroatoms. The van der Waals surface area contributed by atoms with E-state index in [4.69, 9.17) is 32.7 Å². The molecule has 0 spiro atoms. The molecular formula is C17H21Cl2N4O3P. The number of halogens is 2. The van der Waals surface area contributed by atoms with E-state index >= 15 is 0 Å². The van der Waals surface area contributed by atoms with Gasteiger partial charge in [-0.2, -0.15) is 0 Å². The molecular weight excluding hydrogens is 410 g/mol. The molecule has 7 nitrogen and oxygen atoms in total. The third-order valence-electron chi connectivity index (χ3n) is 4.37. The highest BCUT2D eigenvalue weighted by atomic mass is 35.5. The first-order chi connectivity index (χ1) is 13.0. The van der Waals surface area contributed by atoms with E-state index in [1.165, 1.54) is 4.45 Å². The maximum atomic E-state index is 12.0. The Hall–Kier alpha value is -1.40. The van der Waals surface area contributed by atoms with Gasteiger partial charge in [0.05, 0.1) is 19.3 Å². The van der Waals surface area contributed by atoms with Crippen LogP contribution < -0.4 is 4.90 Å². The molecule has 1 fully saturated rings. The highest BCUT2D eigenvalue weighted by molar-refractivity contribution is 7.14. The number of ether oxygens (including phenoxy) is 2. The minimum Gasteiger partial charge on any atom is -0.461 e. The van der Waals surface area contributed by atoms with Crippen molar-refractivity contribution in [3.63, 3.8) is 0 Å². The van der Waals surface area contributed by atoms with Gasteiger partial charge in [-0.15, -0.1) is 5.10 Å². The Bertz CT molecular complexity index is 789. The third kappa shape index (κ3) is 5.11. The van der Waals surface area contributed by atoms with E-state index < -0.39 is 5.97 Å². The first kappa shape index (κ1) is 20.3. The summed E-state index contributed by atoms with van der Waals surface area (Å²) in [5, 5.41) is 8.99. The van der Waals surface area contributed by atoms with Gasteiger partial charge in [-0.05, 0) is 47.4 Å². The molecule has 0 saturated carbocycles. The summed E-state index contributed by atoms with van der Waals surface area (Å²) in [6, 6.07) is 5.56. The molecule has 146 valence electrons. The molecule has 0 N–H and O–H groups in total. The molecule has 1 saturated heterocycles. The van der Waals surface area contributed by atoms with E-state index in [1.807, 2.05) is 12.1 Å². The Morgan fingerprint density at radius 1 is 1.26 bits per heavy atom. The van der Waals surface area contributed by atoms with E-state index in [0.29, 0.717) is 15.7 Å². The lowest BCUT2D eigenvalue weighted by Crippen LogP contribution is -2.37. The summed E-state index contributed by atoms with van der Waals surface area (Å²) in [5.74, 6) is -0.488. The number of anilines is 1. The van der Waals surface area contributed by atoms with Crippen molar-refractivity contribution >= 4 is 44.2 Å². The van der Waals surface area contributed by atoms with Gasteiger partial charge in [0.1, 0.15) is 5.69 Å². The van der Waals surface area contributed by atoms with Crippen LogP contribution in [0.1, 0.15) is 35.9 Å². The summed E-state index contributed by atoms with van der Waals surface area (Å²) in [7, 11) is 2.40. The second-order valence-electron chi connectivity index (χ2n) is 6.17. The number of hydrogen-bond donors (Lipinski definition) is 0. The summed E-state index contributed by atoms with van der Waals surface area (Å²) in [4.78, 5) is 14.2. The zero-order valence-electron chi connectivity index (χ0n) is 14.9. The van der Waals surface area contributed by atoms with Crippen LogP contribution in [0.25, 0.3) is 0 Å². The zero-order valence-corrected chi connectivity index (χ0v) is 17.6. The summed E-state index contributed by atoms with van der Waals surface area (Å²) in [6.07, 6.45) is 1.81. The summed E-state index contributed by atoms with van der Waals surface area (Å²) in [6.45, 7) is 3.96. The summed E-state index contributed by atoms with van der Waals surface area (Å²) >= 11 is 12.2. The predicted octanol–water partition coefficient (Wildman–Crippen LogP) is 3.59. The fourth-order valence-corrected chi connectivity index (χ4v) is 3.77. The first-order valence-corrected chi connectivity index (χ1v) is 9.94. The fraction of sp³-hybridized carbons (Fsp3) is 0.471. The monoisotopic (exact) mass is 430 g/mol. The molecule has 0 radical (unpaired) electrons. The lowest BCUT2D eigenvalue weighted by Gasteiger charge is -2.33. The molecule has 1 aromatic carbocycles. The van der Waals surface area contributed by atoms with Gasteiger partial charge in [0.2, 0.25) is 0 Å². The lowest BCUT2D eigenvalue weighted by atomic mass is 10.1. The Balaban J connectivity index is 1.56. The van der Waals surface area contributed by atoms with Crippen molar-refractivity contribution in [1.29, 1.82) is 0 Å². The number of hydrogen-bond acceptors (Lipinski definition) is 6. The number of carbonyl (C=O) groups excluding carboxylic acids is 1. The second-order valence-corrected chi connectivity index (χ2v) is 7.54. The fourth-order valence-electron chi connectivity index (χ4n) is 3.00. The largest absolute Gasteiger partial charge is 0.461 e. The summed E-state index contributed by atoms with van der Waals surface area (Å²) < 4.78 is 12.5. The SMILES string of the molecule is CCOC(=O)c1nnn(P)c1COC1CCN(c2cc(Cl)cc(Cl)c2)CC1. The number of esters is 1. The van der Waals surface area contributed by atoms with Crippen molar-refractivity contribution in [2.24, 2.45) is 0 Å². The minimum absolute atomic E-state index is 0.0888. The molecule has 2 aromatic rings. The normalized spacial score (nSPS) is 15.2. The van der Waals surface area contributed by atoms with Crippen molar-refractivity contribution < 1.29 is 14.3 Å². The van der Waals surface area contributed by atoms with Crippen LogP contribution in [-0.2, 0) is 16.1 Å². The van der Waals surface area contributed by atoms with E-state index in [-0.39, 0.29) is 25.0 Å². The van der Waals surface area contributed by atoms with Gasteiger partial charge in [-0.1, -0.05) is 28.4 Å². The molecule has 1 atom stereocenters. The van der Waals surface area contributed by atoms with E-state index in [0.717, 1.165) is 31.6 Å². The summed E-state index contributed by atoms with van der Waals surface area (Å²) in [5.41, 5.74) is 1.79. The van der Waals surface area contributed by atoms with Crippen LogP contribution in [0, 0.1) is 0 Å². The van der Waals surface area contributed by atoms with Gasteiger partial charge >= 0.3 is 5.97 Å². The Labute approximate surface area is 170 Å². The Morgan fingerprint density at radius 2 is 1.93 bits per heavy atom. The minimum atomic E-state index is -0.488. The number of benzene rings is 1. The van der Waals surface area contributed by atoms with E-state index in [1.54, 1.807) is 13.0 Å². The molecule has 3 rings (SSSR count). The zero-order chi connectivity index (χ0) is 19.4. The van der Waals surface area contributed by atoms with Crippen molar-refractivity contribution in [3.8, 4) is 0 Å².